The number of ether oxygens (including phenoxy) is 1. The van der Waals surface area contributed by atoms with Gasteiger partial charge in [0.25, 0.3) is 0 Å². The molecule has 0 aromatic rings. The van der Waals surface area contributed by atoms with Crippen LogP contribution in [0.1, 0.15) is 72.1 Å². The van der Waals surface area contributed by atoms with E-state index in [4.69, 9.17) is 4.74 Å². The second-order valence-electron chi connectivity index (χ2n) is 9.37. The van der Waals surface area contributed by atoms with E-state index in [9.17, 15) is 9.90 Å². The zero-order valence-corrected chi connectivity index (χ0v) is 15.4. The number of aliphatic hydroxyl groups is 1. The molecule has 3 heteroatoms. The normalized spacial score (nSPS) is 50.3. The molecule has 0 bridgehead atoms. The van der Waals surface area contributed by atoms with E-state index in [1.165, 1.54) is 26.2 Å². The van der Waals surface area contributed by atoms with Gasteiger partial charge in [-0.05, 0) is 73.5 Å². The third kappa shape index (κ3) is 2.30. The molecule has 0 saturated heterocycles. The van der Waals surface area contributed by atoms with Crippen LogP contribution in [0.4, 0.5) is 0 Å². The second-order valence-corrected chi connectivity index (χ2v) is 9.37. The van der Waals surface area contributed by atoms with Crippen LogP contribution in [0.5, 0.6) is 0 Å². The molecule has 134 valence electrons. The summed E-state index contributed by atoms with van der Waals surface area (Å²) in [6.07, 6.45) is 11.3. The van der Waals surface area contributed by atoms with Gasteiger partial charge in [-0.3, -0.25) is 4.79 Å². The predicted molar refractivity (Wildman–Crippen MR) is 93.3 cm³/mol. The highest BCUT2D eigenvalue weighted by Gasteiger charge is 2.58. The summed E-state index contributed by atoms with van der Waals surface area (Å²) in [5.74, 6) is 2.03. The van der Waals surface area contributed by atoms with E-state index >= 15 is 0 Å². The molecule has 0 amide bonds. The van der Waals surface area contributed by atoms with Gasteiger partial charge in [0.1, 0.15) is 6.10 Å². The van der Waals surface area contributed by atoms with Crippen LogP contribution in [0.25, 0.3) is 0 Å². The first-order valence-corrected chi connectivity index (χ1v) is 9.89. The predicted octanol–water partition coefficient (Wildman–Crippen LogP) is 4.24. The molecule has 1 N–H and O–H groups in total. The summed E-state index contributed by atoms with van der Waals surface area (Å²) in [5.41, 5.74) is 1.98. The molecule has 0 aliphatic heterocycles. The molecule has 0 spiro atoms. The zero-order chi connectivity index (χ0) is 17.1. The minimum Gasteiger partial charge on any atom is -0.462 e. The van der Waals surface area contributed by atoms with Crippen LogP contribution in [0, 0.1) is 28.6 Å². The Kier molecular flexibility index (Phi) is 3.87. The number of hydrogen-bond acceptors (Lipinski definition) is 3. The molecule has 4 aliphatic rings. The Hall–Kier alpha value is -0.830. The lowest BCUT2D eigenvalue weighted by atomic mass is 9.48. The molecule has 0 aromatic carbocycles. The van der Waals surface area contributed by atoms with Crippen molar-refractivity contribution in [2.45, 2.75) is 84.3 Å². The van der Waals surface area contributed by atoms with Crippen molar-refractivity contribution in [2.24, 2.45) is 28.6 Å². The number of esters is 1. The Morgan fingerprint density at radius 1 is 1.17 bits per heavy atom. The zero-order valence-electron chi connectivity index (χ0n) is 15.4. The van der Waals surface area contributed by atoms with E-state index in [0.717, 1.165) is 43.9 Å². The third-order valence-electron chi connectivity index (χ3n) is 8.34. The minimum absolute atomic E-state index is 0.0838. The summed E-state index contributed by atoms with van der Waals surface area (Å²) in [4.78, 5) is 11.3. The van der Waals surface area contributed by atoms with Crippen LogP contribution >= 0.6 is 0 Å². The molecule has 24 heavy (non-hydrogen) atoms. The average Bonchev–Trinajstić information content (AvgIpc) is 2.83. The molecule has 0 heterocycles. The largest absolute Gasteiger partial charge is 0.462 e. The van der Waals surface area contributed by atoms with Gasteiger partial charge < -0.3 is 9.84 Å². The molecule has 3 fully saturated rings. The number of hydrogen-bond donors (Lipinski definition) is 1. The minimum atomic E-state index is -0.147. The molecule has 0 aromatic heterocycles. The van der Waals surface area contributed by atoms with E-state index in [-0.39, 0.29) is 29.0 Å². The maximum Gasteiger partial charge on any atom is 0.302 e. The van der Waals surface area contributed by atoms with E-state index < -0.39 is 0 Å². The lowest BCUT2D eigenvalue weighted by Gasteiger charge is -2.57. The maximum absolute atomic E-state index is 11.3. The number of rotatable bonds is 1. The van der Waals surface area contributed by atoms with Gasteiger partial charge >= 0.3 is 5.97 Å². The van der Waals surface area contributed by atoms with Crippen LogP contribution in [0.2, 0.25) is 0 Å². The van der Waals surface area contributed by atoms with Gasteiger partial charge in [0.15, 0.2) is 0 Å². The summed E-state index contributed by atoms with van der Waals surface area (Å²) < 4.78 is 5.51. The Morgan fingerprint density at radius 2 is 1.96 bits per heavy atom. The number of carbonyl (C=O) groups excluding carboxylic acids is 1. The van der Waals surface area contributed by atoms with Gasteiger partial charge in [-0.15, -0.1) is 0 Å². The van der Waals surface area contributed by atoms with Crippen molar-refractivity contribution in [1.82, 2.24) is 0 Å². The number of aliphatic hydroxyl groups excluding tert-OH is 1. The lowest BCUT2D eigenvalue weighted by Crippen LogP contribution is -2.51. The summed E-state index contributed by atoms with van der Waals surface area (Å²) in [6, 6.07) is 0. The Morgan fingerprint density at radius 3 is 2.71 bits per heavy atom. The standard InChI is InChI=1S/C21H32O3/c1-13(22)24-15-8-10-20(2)14(12-15)4-5-16-17-6-7-19(23)21(17,3)11-9-18(16)20/h4,15-19,23H,5-12H2,1-3H3/t15?,16?,17?,18?,19?,20-,21-/m0/s1. The first kappa shape index (κ1) is 16.6. The number of fused-ring (bicyclic) bond motifs is 5. The van der Waals surface area contributed by atoms with Crippen LogP contribution < -0.4 is 0 Å². The van der Waals surface area contributed by atoms with Crippen LogP contribution in [0.15, 0.2) is 11.6 Å². The van der Waals surface area contributed by atoms with Crippen molar-refractivity contribution < 1.29 is 14.6 Å². The van der Waals surface area contributed by atoms with Gasteiger partial charge in [0.05, 0.1) is 6.10 Å². The van der Waals surface area contributed by atoms with E-state index in [0.29, 0.717) is 5.92 Å². The van der Waals surface area contributed by atoms with Gasteiger partial charge in [-0.2, -0.15) is 0 Å². The topological polar surface area (TPSA) is 46.5 Å². The van der Waals surface area contributed by atoms with Crippen LogP contribution in [0.3, 0.4) is 0 Å². The fourth-order valence-corrected chi connectivity index (χ4v) is 6.94. The van der Waals surface area contributed by atoms with Gasteiger partial charge in [0.2, 0.25) is 0 Å². The van der Waals surface area contributed by atoms with Gasteiger partial charge in [0, 0.05) is 13.3 Å². The highest BCUT2D eigenvalue weighted by Crippen LogP contribution is 2.64. The fourth-order valence-electron chi connectivity index (χ4n) is 6.94. The van der Waals surface area contributed by atoms with Gasteiger partial charge in [-0.1, -0.05) is 25.5 Å². The van der Waals surface area contributed by atoms with E-state index in [1.54, 1.807) is 5.57 Å². The summed E-state index contributed by atoms with van der Waals surface area (Å²) in [5, 5.41) is 10.5. The van der Waals surface area contributed by atoms with Gasteiger partial charge in [-0.25, -0.2) is 0 Å². The summed E-state index contributed by atoms with van der Waals surface area (Å²) >= 11 is 0. The van der Waals surface area contributed by atoms with E-state index in [1.807, 2.05) is 0 Å². The molecule has 3 nitrogen and oxygen atoms in total. The molecule has 0 radical (unpaired) electrons. The Balaban J connectivity index is 1.59. The first-order valence-electron chi connectivity index (χ1n) is 9.89. The van der Waals surface area contributed by atoms with Crippen LogP contribution in [-0.4, -0.2) is 23.3 Å². The Bertz CT molecular complexity index is 567. The highest BCUT2D eigenvalue weighted by atomic mass is 16.5. The quantitative estimate of drug-likeness (QED) is 0.577. The highest BCUT2D eigenvalue weighted by molar-refractivity contribution is 5.66. The van der Waals surface area contributed by atoms with Crippen molar-refractivity contribution in [3.05, 3.63) is 11.6 Å². The molecule has 3 saturated carbocycles. The van der Waals surface area contributed by atoms with Crippen molar-refractivity contribution in [2.75, 3.05) is 0 Å². The summed E-state index contributed by atoms with van der Waals surface area (Å²) in [6.45, 7) is 6.32. The second kappa shape index (κ2) is 5.59. The van der Waals surface area contributed by atoms with Crippen molar-refractivity contribution in [1.29, 1.82) is 0 Å². The molecular formula is C21H32O3. The lowest BCUT2D eigenvalue weighted by molar-refractivity contribution is -0.148. The monoisotopic (exact) mass is 332 g/mol. The van der Waals surface area contributed by atoms with E-state index in [2.05, 4.69) is 19.9 Å². The third-order valence-corrected chi connectivity index (χ3v) is 8.34. The molecule has 5 unspecified atom stereocenters. The first-order chi connectivity index (χ1) is 11.3. The fraction of sp³-hybridized carbons (Fsp3) is 0.857. The van der Waals surface area contributed by atoms with Crippen molar-refractivity contribution >= 4 is 5.97 Å². The van der Waals surface area contributed by atoms with Crippen molar-refractivity contribution in [3.8, 4) is 0 Å². The maximum atomic E-state index is 11.3. The molecular weight excluding hydrogens is 300 g/mol. The molecule has 7 atom stereocenters. The van der Waals surface area contributed by atoms with Crippen molar-refractivity contribution in [3.63, 3.8) is 0 Å². The smallest absolute Gasteiger partial charge is 0.302 e. The SMILES string of the molecule is CC(=O)OC1CC[C@@]2(C)C(=CCC3C4CCC(O)[C@@]4(C)CCC32)C1. The average molecular weight is 332 g/mol. The Labute approximate surface area is 145 Å². The number of carbonyl (C=O) groups is 1. The molecule has 4 aliphatic carbocycles. The number of allylic oxidation sites excluding steroid dienone is 1. The molecule has 4 rings (SSSR count). The van der Waals surface area contributed by atoms with Crippen LogP contribution in [-0.2, 0) is 9.53 Å². The summed E-state index contributed by atoms with van der Waals surface area (Å²) in [7, 11) is 0.